The number of halogens is 3. The molecule has 0 bridgehead atoms. The normalized spacial score (nSPS) is 17.8. The third-order valence-electron chi connectivity index (χ3n) is 4.27. The van der Waals surface area contributed by atoms with Gasteiger partial charge in [0.25, 0.3) is 0 Å². The number of anilines is 1. The number of rotatable bonds is 2. The lowest BCUT2D eigenvalue weighted by Crippen LogP contribution is -2.48. The SMILES string of the molecule is CC(C)(C)N1CCC(Nc2ccc(C(F)(F)F)cc2C#N)CC1. The molecule has 0 aliphatic carbocycles. The third kappa shape index (κ3) is 4.38. The molecule has 126 valence electrons. The second-order valence-corrected chi connectivity index (χ2v) is 6.95. The smallest absolute Gasteiger partial charge is 0.381 e. The Labute approximate surface area is 135 Å². The fraction of sp³-hybridized carbons (Fsp3) is 0.588. The first-order valence-corrected chi connectivity index (χ1v) is 7.74. The number of nitriles is 1. The van der Waals surface area contributed by atoms with Gasteiger partial charge in [0.1, 0.15) is 6.07 Å². The second-order valence-electron chi connectivity index (χ2n) is 6.95. The summed E-state index contributed by atoms with van der Waals surface area (Å²) in [5.74, 6) is 0. The van der Waals surface area contributed by atoms with Crippen LogP contribution in [0.2, 0.25) is 0 Å². The van der Waals surface area contributed by atoms with Crippen molar-refractivity contribution in [3.05, 3.63) is 29.3 Å². The lowest BCUT2D eigenvalue weighted by Gasteiger charge is -2.41. The number of nitrogens with one attached hydrogen (secondary N) is 1. The number of piperidine rings is 1. The van der Waals surface area contributed by atoms with Gasteiger partial charge in [-0.25, -0.2) is 0 Å². The molecule has 0 radical (unpaired) electrons. The standard InChI is InChI=1S/C17H22F3N3/c1-16(2,3)23-8-6-14(7-9-23)22-15-5-4-13(17(18,19)20)10-12(15)11-21/h4-5,10,14,22H,6-9H2,1-3H3. The zero-order chi connectivity index (χ0) is 17.3. The third-order valence-corrected chi connectivity index (χ3v) is 4.27. The van der Waals surface area contributed by atoms with E-state index in [0.29, 0.717) is 5.69 Å². The fourth-order valence-electron chi connectivity index (χ4n) is 2.85. The van der Waals surface area contributed by atoms with Crippen molar-refractivity contribution >= 4 is 5.69 Å². The van der Waals surface area contributed by atoms with Crippen LogP contribution in [0.5, 0.6) is 0 Å². The topological polar surface area (TPSA) is 39.1 Å². The van der Waals surface area contributed by atoms with Crippen LogP contribution in [0.3, 0.4) is 0 Å². The van der Waals surface area contributed by atoms with Gasteiger partial charge >= 0.3 is 6.18 Å². The molecular formula is C17H22F3N3. The molecule has 0 saturated carbocycles. The lowest BCUT2D eigenvalue weighted by atomic mass is 9.97. The highest BCUT2D eigenvalue weighted by Gasteiger charge is 2.31. The van der Waals surface area contributed by atoms with Crippen molar-refractivity contribution in [2.24, 2.45) is 0 Å². The molecule has 0 amide bonds. The van der Waals surface area contributed by atoms with Crippen LogP contribution >= 0.6 is 0 Å². The summed E-state index contributed by atoms with van der Waals surface area (Å²) < 4.78 is 38.1. The molecule has 1 fully saturated rings. The highest BCUT2D eigenvalue weighted by atomic mass is 19.4. The summed E-state index contributed by atoms with van der Waals surface area (Å²) in [6, 6.07) is 5.33. The molecule has 2 rings (SSSR count). The molecule has 23 heavy (non-hydrogen) atoms. The maximum absolute atomic E-state index is 12.7. The van der Waals surface area contributed by atoms with E-state index in [-0.39, 0.29) is 17.1 Å². The van der Waals surface area contributed by atoms with Crippen LogP contribution in [0.1, 0.15) is 44.7 Å². The second kappa shape index (κ2) is 6.40. The van der Waals surface area contributed by atoms with E-state index in [0.717, 1.165) is 38.1 Å². The van der Waals surface area contributed by atoms with Crippen LogP contribution < -0.4 is 5.32 Å². The van der Waals surface area contributed by atoms with E-state index in [1.807, 2.05) is 6.07 Å². The number of hydrogen-bond acceptors (Lipinski definition) is 3. The molecule has 1 saturated heterocycles. The quantitative estimate of drug-likeness (QED) is 0.883. The van der Waals surface area contributed by atoms with Crippen molar-refractivity contribution < 1.29 is 13.2 Å². The maximum atomic E-state index is 12.7. The van der Waals surface area contributed by atoms with Gasteiger partial charge in [-0.2, -0.15) is 18.4 Å². The average Bonchev–Trinajstić information content (AvgIpc) is 2.46. The highest BCUT2D eigenvalue weighted by Crippen LogP contribution is 2.32. The highest BCUT2D eigenvalue weighted by molar-refractivity contribution is 5.59. The Bertz CT molecular complexity index is 589. The largest absolute Gasteiger partial charge is 0.416 e. The van der Waals surface area contributed by atoms with Crippen LogP contribution in [-0.2, 0) is 6.18 Å². The molecule has 1 aromatic carbocycles. The van der Waals surface area contributed by atoms with Gasteiger partial charge in [-0.15, -0.1) is 0 Å². The number of benzene rings is 1. The van der Waals surface area contributed by atoms with Gasteiger partial charge in [-0.05, 0) is 51.8 Å². The van der Waals surface area contributed by atoms with Crippen LogP contribution in [0.4, 0.5) is 18.9 Å². The van der Waals surface area contributed by atoms with Crippen LogP contribution in [0.25, 0.3) is 0 Å². The van der Waals surface area contributed by atoms with E-state index < -0.39 is 11.7 Å². The van der Waals surface area contributed by atoms with Crippen molar-refractivity contribution in [1.29, 1.82) is 5.26 Å². The van der Waals surface area contributed by atoms with Gasteiger partial charge in [-0.3, -0.25) is 4.90 Å². The van der Waals surface area contributed by atoms with Crippen molar-refractivity contribution in [2.45, 2.75) is 51.4 Å². The first-order chi connectivity index (χ1) is 10.6. The van der Waals surface area contributed by atoms with E-state index in [1.165, 1.54) is 6.07 Å². The van der Waals surface area contributed by atoms with E-state index in [9.17, 15) is 13.2 Å². The van der Waals surface area contributed by atoms with Crippen LogP contribution in [-0.4, -0.2) is 29.6 Å². The summed E-state index contributed by atoms with van der Waals surface area (Å²) in [7, 11) is 0. The van der Waals surface area contributed by atoms with Crippen molar-refractivity contribution in [3.8, 4) is 6.07 Å². The van der Waals surface area contributed by atoms with Crippen LogP contribution in [0, 0.1) is 11.3 Å². The summed E-state index contributed by atoms with van der Waals surface area (Å²) in [4.78, 5) is 2.39. The Morgan fingerprint density at radius 1 is 1.17 bits per heavy atom. The average molecular weight is 325 g/mol. The first kappa shape index (κ1) is 17.6. The van der Waals surface area contributed by atoms with Gasteiger partial charge in [-0.1, -0.05) is 0 Å². The van der Waals surface area contributed by atoms with E-state index in [1.54, 1.807) is 0 Å². The van der Waals surface area contributed by atoms with Gasteiger partial charge < -0.3 is 5.32 Å². The van der Waals surface area contributed by atoms with E-state index in [2.05, 4.69) is 31.0 Å². The van der Waals surface area contributed by atoms with Gasteiger partial charge in [0.15, 0.2) is 0 Å². The Morgan fingerprint density at radius 2 is 1.78 bits per heavy atom. The summed E-state index contributed by atoms with van der Waals surface area (Å²) in [6.07, 6.45) is -2.62. The molecule has 3 nitrogen and oxygen atoms in total. The molecule has 0 spiro atoms. The molecule has 1 aromatic rings. The summed E-state index contributed by atoms with van der Waals surface area (Å²) >= 11 is 0. The Morgan fingerprint density at radius 3 is 2.26 bits per heavy atom. The van der Waals surface area contributed by atoms with Crippen molar-refractivity contribution in [2.75, 3.05) is 18.4 Å². The minimum absolute atomic E-state index is 0.0399. The molecule has 0 unspecified atom stereocenters. The number of alkyl halides is 3. The first-order valence-electron chi connectivity index (χ1n) is 7.74. The number of nitrogens with zero attached hydrogens (tertiary/aromatic N) is 2. The minimum atomic E-state index is -4.43. The molecular weight excluding hydrogens is 303 g/mol. The monoisotopic (exact) mass is 325 g/mol. The van der Waals surface area contributed by atoms with Crippen molar-refractivity contribution in [3.63, 3.8) is 0 Å². The predicted octanol–water partition coefficient (Wildman–Crippen LogP) is 4.25. The zero-order valence-electron chi connectivity index (χ0n) is 13.7. The van der Waals surface area contributed by atoms with Crippen molar-refractivity contribution in [1.82, 2.24) is 4.90 Å². The molecule has 0 atom stereocenters. The molecule has 6 heteroatoms. The predicted molar refractivity (Wildman–Crippen MR) is 84.1 cm³/mol. The molecule has 1 aliphatic rings. The zero-order valence-corrected chi connectivity index (χ0v) is 13.7. The van der Waals surface area contributed by atoms with Crippen LogP contribution in [0.15, 0.2) is 18.2 Å². The minimum Gasteiger partial charge on any atom is -0.381 e. The Kier molecular flexibility index (Phi) is 4.90. The fourth-order valence-corrected chi connectivity index (χ4v) is 2.85. The van der Waals surface area contributed by atoms with Gasteiger partial charge in [0.05, 0.1) is 16.8 Å². The molecule has 0 aromatic heterocycles. The summed E-state index contributed by atoms with van der Waals surface area (Å²) in [5, 5.41) is 12.4. The molecule has 1 heterocycles. The number of hydrogen-bond donors (Lipinski definition) is 1. The maximum Gasteiger partial charge on any atom is 0.416 e. The molecule has 1 aliphatic heterocycles. The van der Waals surface area contributed by atoms with E-state index >= 15 is 0 Å². The van der Waals surface area contributed by atoms with E-state index in [4.69, 9.17) is 5.26 Å². The van der Waals surface area contributed by atoms with Gasteiger partial charge in [0, 0.05) is 24.7 Å². The van der Waals surface area contributed by atoms with Gasteiger partial charge in [0.2, 0.25) is 0 Å². The summed E-state index contributed by atoms with van der Waals surface area (Å²) in [5.41, 5.74) is -0.146. The molecule has 1 N–H and O–H groups in total. The lowest BCUT2D eigenvalue weighted by molar-refractivity contribution is -0.137. The summed E-state index contributed by atoms with van der Waals surface area (Å²) in [6.45, 7) is 8.38. The Hall–Kier alpha value is -1.74. The number of likely N-dealkylation sites (tertiary alicyclic amines) is 1. The Balaban J connectivity index is 2.06.